The minimum absolute atomic E-state index is 0.0201. The zero-order valence-electron chi connectivity index (χ0n) is 14.5. The summed E-state index contributed by atoms with van der Waals surface area (Å²) in [5, 5.41) is 19.5. The van der Waals surface area contributed by atoms with Crippen LogP contribution in [0.4, 0.5) is 5.69 Å². The molecule has 1 aromatic heterocycles. The van der Waals surface area contributed by atoms with Crippen molar-refractivity contribution in [2.75, 3.05) is 11.4 Å². The zero-order valence-corrected chi connectivity index (χ0v) is 14.5. The summed E-state index contributed by atoms with van der Waals surface area (Å²) in [7, 11) is 0. The van der Waals surface area contributed by atoms with Crippen molar-refractivity contribution in [2.45, 2.75) is 13.8 Å². The largest absolute Gasteiger partial charge is 0.509 e. The predicted octanol–water partition coefficient (Wildman–Crippen LogP) is 3.31. The van der Waals surface area contributed by atoms with Gasteiger partial charge in [0.2, 0.25) is 0 Å². The molecule has 3 aromatic rings. The predicted molar refractivity (Wildman–Crippen MR) is 103 cm³/mol. The van der Waals surface area contributed by atoms with Gasteiger partial charge in [0.05, 0.1) is 23.0 Å². The standard InChI is InChI=1S/C20H18N4O2/c1-11-7-8-13(9-12(11)2)24-10-16(25)17(18(24)21)19-22-15-6-4-3-5-14(15)20(26)23-19/h3-9,21,25H,10H2,1-2H3,(H,22,23,26). The van der Waals surface area contributed by atoms with Crippen LogP contribution in [0.5, 0.6) is 0 Å². The molecular weight excluding hydrogens is 328 g/mol. The smallest absolute Gasteiger partial charge is 0.259 e. The summed E-state index contributed by atoms with van der Waals surface area (Å²) in [5.74, 6) is 0.346. The first-order chi connectivity index (χ1) is 12.5. The van der Waals surface area contributed by atoms with E-state index in [1.54, 1.807) is 29.2 Å². The second-order valence-electron chi connectivity index (χ2n) is 6.46. The van der Waals surface area contributed by atoms with Crippen LogP contribution in [0.2, 0.25) is 0 Å². The zero-order chi connectivity index (χ0) is 18.4. The number of aryl methyl sites for hydroxylation is 2. The van der Waals surface area contributed by atoms with Crippen molar-refractivity contribution in [2.24, 2.45) is 0 Å². The van der Waals surface area contributed by atoms with Gasteiger partial charge in [-0.1, -0.05) is 18.2 Å². The average molecular weight is 346 g/mol. The van der Waals surface area contributed by atoms with E-state index >= 15 is 0 Å². The van der Waals surface area contributed by atoms with Crippen LogP contribution in [0, 0.1) is 19.3 Å². The van der Waals surface area contributed by atoms with Crippen LogP contribution < -0.4 is 10.5 Å². The molecule has 3 N–H and O–H groups in total. The van der Waals surface area contributed by atoms with E-state index in [0.29, 0.717) is 10.9 Å². The molecule has 0 radical (unpaired) electrons. The number of H-pyrrole nitrogens is 1. The third-order valence-corrected chi connectivity index (χ3v) is 4.76. The number of benzene rings is 2. The highest BCUT2D eigenvalue weighted by molar-refractivity contribution is 6.30. The van der Waals surface area contributed by atoms with Gasteiger partial charge >= 0.3 is 0 Å². The van der Waals surface area contributed by atoms with Gasteiger partial charge in [0.15, 0.2) is 0 Å². The molecule has 1 aliphatic rings. The monoisotopic (exact) mass is 346 g/mol. The van der Waals surface area contributed by atoms with Crippen LogP contribution in [0.1, 0.15) is 17.0 Å². The number of anilines is 1. The Morgan fingerprint density at radius 2 is 1.92 bits per heavy atom. The summed E-state index contributed by atoms with van der Waals surface area (Å²) in [5.41, 5.74) is 3.60. The fraction of sp³-hybridized carbons (Fsp3) is 0.150. The third kappa shape index (κ3) is 2.47. The van der Waals surface area contributed by atoms with Crippen LogP contribution in [-0.4, -0.2) is 27.5 Å². The first-order valence-electron chi connectivity index (χ1n) is 8.31. The molecule has 0 saturated heterocycles. The van der Waals surface area contributed by atoms with E-state index in [0.717, 1.165) is 16.8 Å². The Labute approximate surface area is 150 Å². The summed E-state index contributed by atoms with van der Waals surface area (Å²) in [6.07, 6.45) is 0. The number of para-hydroxylation sites is 1. The average Bonchev–Trinajstić information content (AvgIpc) is 2.92. The lowest BCUT2D eigenvalue weighted by molar-refractivity contribution is 0.411. The summed E-state index contributed by atoms with van der Waals surface area (Å²) < 4.78 is 0. The number of fused-ring (bicyclic) bond motifs is 1. The quantitative estimate of drug-likeness (QED) is 0.664. The van der Waals surface area contributed by atoms with Gasteiger partial charge in [-0.25, -0.2) is 4.98 Å². The molecule has 2 aromatic carbocycles. The van der Waals surface area contributed by atoms with Crippen molar-refractivity contribution in [1.82, 2.24) is 9.97 Å². The lowest BCUT2D eigenvalue weighted by Crippen LogP contribution is -2.26. The maximum atomic E-state index is 12.3. The maximum absolute atomic E-state index is 12.3. The van der Waals surface area contributed by atoms with Crippen LogP contribution in [0.3, 0.4) is 0 Å². The second kappa shape index (κ2) is 5.84. The highest BCUT2D eigenvalue weighted by atomic mass is 16.3. The number of rotatable bonds is 2. The Morgan fingerprint density at radius 3 is 2.69 bits per heavy atom. The number of hydrogen-bond donors (Lipinski definition) is 3. The molecule has 6 nitrogen and oxygen atoms in total. The minimum Gasteiger partial charge on any atom is -0.509 e. The molecule has 0 atom stereocenters. The van der Waals surface area contributed by atoms with E-state index < -0.39 is 0 Å². The molecule has 1 aliphatic heterocycles. The van der Waals surface area contributed by atoms with Crippen LogP contribution in [-0.2, 0) is 0 Å². The molecule has 2 heterocycles. The summed E-state index contributed by atoms with van der Waals surface area (Å²) in [6, 6.07) is 12.9. The van der Waals surface area contributed by atoms with E-state index in [2.05, 4.69) is 9.97 Å². The molecule has 0 saturated carbocycles. The number of aliphatic hydroxyl groups excluding tert-OH is 1. The molecule has 0 spiro atoms. The summed E-state index contributed by atoms with van der Waals surface area (Å²) in [4.78, 5) is 21.2. The van der Waals surface area contributed by atoms with E-state index in [1.807, 2.05) is 32.0 Å². The molecule has 0 fully saturated rings. The lowest BCUT2D eigenvalue weighted by Gasteiger charge is -2.19. The molecule has 26 heavy (non-hydrogen) atoms. The number of nitrogens with zero attached hydrogens (tertiary/aromatic N) is 2. The van der Waals surface area contributed by atoms with Crippen molar-refractivity contribution in [3.63, 3.8) is 0 Å². The number of hydrogen-bond acceptors (Lipinski definition) is 4. The first kappa shape index (κ1) is 16.1. The first-order valence-corrected chi connectivity index (χ1v) is 8.31. The Bertz CT molecular complexity index is 1140. The Hall–Kier alpha value is -3.41. The van der Waals surface area contributed by atoms with E-state index in [9.17, 15) is 9.90 Å². The van der Waals surface area contributed by atoms with Gasteiger partial charge in [-0.2, -0.15) is 0 Å². The minimum atomic E-state index is -0.289. The van der Waals surface area contributed by atoms with Crippen molar-refractivity contribution in [3.05, 3.63) is 75.5 Å². The Balaban J connectivity index is 1.78. The number of aliphatic hydroxyl groups is 1. The molecule has 130 valence electrons. The van der Waals surface area contributed by atoms with Crippen molar-refractivity contribution in [1.29, 1.82) is 5.41 Å². The Morgan fingerprint density at radius 1 is 1.15 bits per heavy atom. The topological polar surface area (TPSA) is 93.1 Å². The van der Waals surface area contributed by atoms with Gasteiger partial charge in [-0.3, -0.25) is 10.2 Å². The van der Waals surface area contributed by atoms with E-state index in [1.165, 1.54) is 0 Å². The molecule has 0 unspecified atom stereocenters. The normalized spacial score (nSPS) is 14.5. The Kier molecular flexibility index (Phi) is 3.61. The fourth-order valence-electron chi connectivity index (χ4n) is 3.15. The van der Waals surface area contributed by atoms with E-state index in [-0.39, 0.29) is 35.1 Å². The summed E-state index contributed by atoms with van der Waals surface area (Å²) in [6.45, 7) is 4.21. The van der Waals surface area contributed by atoms with Gasteiger partial charge in [0, 0.05) is 5.69 Å². The van der Waals surface area contributed by atoms with Gasteiger partial charge in [0.1, 0.15) is 17.4 Å². The number of aromatic amines is 1. The number of nitrogens with one attached hydrogen (secondary N) is 2. The van der Waals surface area contributed by atoms with Gasteiger partial charge < -0.3 is 15.0 Å². The van der Waals surface area contributed by atoms with Gasteiger partial charge in [0.25, 0.3) is 5.56 Å². The van der Waals surface area contributed by atoms with Gasteiger partial charge in [-0.15, -0.1) is 0 Å². The third-order valence-electron chi connectivity index (χ3n) is 4.76. The molecule has 0 aliphatic carbocycles. The number of aromatic nitrogens is 2. The van der Waals surface area contributed by atoms with Gasteiger partial charge in [-0.05, 0) is 49.2 Å². The molecule has 0 bridgehead atoms. The molecular formula is C20H18N4O2. The SMILES string of the molecule is Cc1ccc(N2CC(O)=C(c3nc4ccccc4c(=O)[nH]3)C2=N)cc1C. The maximum Gasteiger partial charge on any atom is 0.259 e. The molecule has 4 rings (SSSR count). The lowest BCUT2D eigenvalue weighted by atomic mass is 10.1. The van der Waals surface area contributed by atoms with Crippen molar-refractivity contribution >= 4 is 28.0 Å². The summed E-state index contributed by atoms with van der Waals surface area (Å²) >= 11 is 0. The molecule has 6 heteroatoms. The highest BCUT2D eigenvalue weighted by Crippen LogP contribution is 2.30. The van der Waals surface area contributed by atoms with Crippen molar-refractivity contribution in [3.8, 4) is 0 Å². The van der Waals surface area contributed by atoms with Crippen LogP contribution in [0.15, 0.2) is 53.0 Å². The van der Waals surface area contributed by atoms with Crippen molar-refractivity contribution < 1.29 is 5.11 Å². The van der Waals surface area contributed by atoms with Crippen LogP contribution in [0.25, 0.3) is 16.5 Å². The van der Waals surface area contributed by atoms with Crippen LogP contribution >= 0.6 is 0 Å². The highest BCUT2D eigenvalue weighted by Gasteiger charge is 2.31. The second-order valence-corrected chi connectivity index (χ2v) is 6.46. The fourth-order valence-corrected chi connectivity index (χ4v) is 3.15. The van der Waals surface area contributed by atoms with E-state index in [4.69, 9.17) is 5.41 Å². The number of amidine groups is 1. The molecule has 0 amide bonds.